The van der Waals surface area contributed by atoms with Gasteiger partial charge in [-0.15, -0.1) is 0 Å². The summed E-state index contributed by atoms with van der Waals surface area (Å²) >= 11 is 4.22. The van der Waals surface area contributed by atoms with E-state index < -0.39 is 17.6 Å². The standard InChI is InChI=1S/C8H4F4NS/c9-6-2-1-5(8(10,11)12)3-7(6)13-4-14/h1-3H,(H,13,14). The zero-order chi connectivity index (χ0) is 10.8. The zero-order valence-corrected chi connectivity index (χ0v) is 7.47. The summed E-state index contributed by atoms with van der Waals surface area (Å²) in [4.78, 5) is 0. The first-order valence-electron chi connectivity index (χ1n) is 3.45. The molecule has 1 N–H and O–H groups in total. The van der Waals surface area contributed by atoms with Crippen LogP contribution in [0.25, 0.3) is 0 Å². The van der Waals surface area contributed by atoms with Crippen LogP contribution in [-0.4, -0.2) is 5.49 Å². The third-order valence-electron chi connectivity index (χ3n) is 1.48. The summed E-state index contributed by atoms with van der Waals surface area (Å²) in [5.74, 6) is -0.810. The van der Waals surface area contributed by atoms with Crippen molar-refractivity contribution in [3.05, 3.63) is 29.6 Å². The first-order chi connectivity index (χ1) is 6.45. The highest BCUT2D eigenvalue weighted by Crippen LogP contribution is 2.31. The van der Waals surface area contributed by atoms with Gasteiger partial charge in [0, 0.05) is 0 Å². The van der Waals surface area contributed by atoms with Crippen LogP contribution in [0.4, 0.5) is 23.2 Å². The van der Waals surface area contributed by atoms with Crippen molar-refractivity contribution < 1.29 is 17.6 Å². The van der Waals surface area contributed by atoms with Gasteiger partial charge in [-0.2, -0.15) is 13.2 Å². The van der Waals surface area contributed by atoms with Gasteiger partial charge in [-0.3, -0.25) is 0 Å². The van der Waals surface area contributed by atoms with Gasteiger partial charge >= 0.3 is 6.18 Å². The Balaban J connectivity index is 3.12. The van der Waals surface area contributed by atoms with Crippen LogP contribution in [0.15, 0.2) is 18.2 Å². The van der Waals surface area contributed by atoms with Gasteiger partial charge < -0.3 is 5.32 Å². The van der Waals surface area contributed by atoms with Gasteiger partial charge in [0.2, 0.25) is 0 Å². The number of hydrogen-bond donors (Lipinski definition) is 1. The van der Waals surface area contributed by atoms with Gasteiger partial charge in [-0.25, -0.2) is 4.39 Å². The van der Waals surface area contributed by atoms with Crippen LogP contribution in [0.3, 0.4) is 0 Å². The molecule has 14 heavy (non-hydrogen) atoms. The van der Waals surface area contributed by atoms with E-state index in [0.717, 1.165) is 6.07 Å². The summed E-state index contributed by atoms with van der Waals surface area (Å²) in [6.45, 7) is 0. The molecular formula is C8H4F4NS. The molecule has 0 saturated heterocycles. The lowest BCUT2D eigenvalue weighted by atomic mass is 10.2. The molecule has 1 aromatic carbocycles. The lowest BCUT2D eigenvalue weighted by molar-refractivity contribution is -0.137. The molecule has 0 aliphatic rings. The Morgan fingerprint density at radius 1 is 1.29 bits per heavy atom. The summed E-state index contributed by atoms with van der Waals surface area (Å²) < 4.78 is 49.3. The van der Waals surface area contributed by atoms with Crippen molar-refractivity contribution in [2.24, 2.45) is 0 Å². The second kappa shape index (κ2) is 3.91. The second-order valence-corrected chi connectivity index (χ2v) is 2.62. The van der Waals surface area contributed by atoms with Crippen LogP contribution >= 0.6 is 12.2 Å². The van der Waals surface area contributed by atoms with E-state index in [2.05, 4.69) is 17.5 Å². The number of nitrogens with one attached hydrogen (secondary N) is 1. The Morgan fingerprint density at radius 3 is 2.43 bits per heavy atom. The number of halogens is 4. The first kappa shape index (κ1) is 10.9. The molecule has 0 fully saturated rings. The molecule has 1 aromatic rings. The maximum absolute atomic E-state index is 12.8. The predicted octanol–water partition coefficient (Wildman–Crippen LogP) is 3.09. The third-order valence-corrected chi connectivity index (χ3v) is 1.58. The fourth-order valence-electron chi connectivity index (χ4n) is 0.852. The molecule has 75 valence electrons. The lowest BCUT2D eigenvalue weighted by Crippen LogP contribution is -2.06. The van der Waals surface area contributed by atoms with Crippen LogP contribution in [0.5, 0.6) is 0 Å². The second-order valence-electron chi connectivity index (χ2n) is 2.42. The SMILES string of the molecule is Fc1ccc(C(F)(F)F)cc1N[C]=S. The number of anilines is 1. The Morgan fingerprint density at radius 2 is 1.93 bits per heavy atom. The smallest absolute Gasteiger partial charge is 0.342 e. The molecule has 6 heteroatoms. The van der Waals surface area contributed by atoms with E-state index >= 15 is 0 Å². The van der Waals surface area contributed by atoms with Crippen LogP contribution in [-0.2, 0) is 6.18 Å². The van der Waals surface area contributed by atoms with Gasteiger partial charge in [-0.05, 0) is 18.2 Å². The summed E-state index contributed by atoms with van der Waals surface area (Å²) in [6.07, 6.45) is -4.49. The molecule has 1 radical (unpaired) electrons. The van der Waals surface area contributed by atoms with Crippen molar-refractivity contribution >= 4 is 23.4 Å². The first-order valence-corrected chi connectivity index (χ1v) is 3.86. The van der Waals surface area contributed by atoms with Crippen molar-refractivity contribution in [1.29, 1.82) is 0 Å². The van der Waals surface area contributed by atoms with Gasteiger partial charge in [-0.1, -0.05) is 12.2 Å². The Kier molecular flexibility index (Phi) is 3.05. The molecule has 1 nitrogen and oxygen atoms in total. The maximum atomic E-state index is 12.8. The molecule has 0 amide bonds. The average molecular weight is 222 g/mol. The van der Waals surface area contributed by atoms with E-state index in [1.54, 1.807) is 0 Å². The van der Waals surface area contributed by atoms with Crippen LogP contribution < -0.4 is 5.32 Å². The van der Waals surface area contributed by atoms with E-state index in [1.807, 2.05) is 5.49 Å². The van der Waals surface area contributed by atoms with E-state index in [4.69, 9.17) is 0 Å². The molecule has 0 aromatic heterocycles. The molecule has 0 aliphatic heterocycles. The fraction of sp³-hybridized carbons (Fsp3) is 0.125. The van der Waals surface area contributed by atoms with Crippen LogP contribution in [0.1, 0.15) is 5.56 Å². The number of hydrogen-bond acceptors (Lipinski definition) is 1. The average Bonchev–Trinajstić information content (AvgIpc) is 2.07. The zero-order valence-electron chi connectivity index (χ0n) is 6.65. The van der Waals surface area contributed by atoms with Gasteiger partial charge in [0.05, 0.1) is 11.3 Å². The maximum Gasteiger partial charge on any atom is 0.416 e. The number of benzene rings is 1. The molecule has 0 atom stereocenters. The van der Waals surface area contributed by atoms with E-state index in [9.17, 15) is 17.6 Å². The monoisotopic (exact) mass is 222 g/mol. The molecule has 0 aliphatic carbocycles. The Hall–Kier alpha value is -1.17. The van der Waals surface area contributed by atoms with E-state index in [-0.39, 0.29) is 5.69 Å². The number of thiocarbonyl (C=S) groups is 1. The molecule has 0 saturated carbocycles. The minimum absolute atomic E-state index is 0.338. The number of alkyl halides is 3. The molecule has 0 spiro atoms. The summed E-state index contributed by atoms with van der Waals surface area (Å²) in [7, 11) is 0. The van der Waals surface area contributed by atoms with Crippen LogP contribution in [0, 0.1) is 5.82 Å². The molecule has 0 bridgehead atoms. The Labute approximate surface area is 82.7 Å². The van der Waals surface area contributed by atoms with E-state index in [0.29, 0.717) is 12.1 Å². The van der Waals surface area contributed by atoms with E-state index in [1.165, 1.54) is 0 Å². The quantitative estimate of drug-likeness (QED) is 0.469. The molecule has 0 unspecified atom stereocenters. The predicted molar refractivity (Wildman–Crippen MR) is 47.6 cm³/mol. The highest BCUT2D eigenvalue weighted by atomic mass is 32.1. The molecule has 0 heterocycles. The summed E-state index contributed by atoms with van der Waals surface area (Å²) in [5, 5.41) is 2.08. The normalized spacial score (nSPS) is 11.1. The van der Waals surface area contributed by atoms with Gasteiger partial charge in [0.15, 0.2) is 0 Å². The highest BCUT2D eigenvalue weighted by molar-refractivity contribution is 7.79. The van der Waals surface area contributed by atoms with Gasteiger partial charge in [0.25, 0.3) is 0 Å². The summed E-state index contributed by atoms with van der Waals surface area (Å²) in [5.41, 5.74) is 0.653. The van der Waals surface area contributed by atoms with Gasteiger partial charge in [0.1, 0.15) is 11.3 Å². The van der Waals surface area contributed by atoms with Crippen molar-refractivity contribution in [3.8, 4) is 0 Å². The lowest BCUT2D eigenvalue weighted by Gasteiger charge is -2.08. The van der Waals surface area contributed by atoms with Crippen molar-refractivity contribution in [1.82, 2.24) is 0 Å². The summed E-state index contributed by atoms with van der Waals surface area (Å²) in [6, 6.07) is 2.01. The topological polar surface area (TPSA) is 12.0 Å². The molecule has 1 rings (SSSR count). The fourth-order valence-corrected chi connectivity index (χ4v) is 0.962. The minimum Gasteiger partial charge on any atom is -0.342 e. The van der Waals surface area contributed by atoms with Crippen molar-refractivity contribution in [2.75, 3.05) is 5.32 Å². The van der Waals surface area contributed by atoms with Crippen molar-refractivity contribution in [2.45, 2.75) is 6.18 Å². The third kappa shape index (κ3) is 2.41. The highest BCUT2D eigenvalue weighted by Gasteiger charge is 2.31. The minimum atomic E-state index is -4.49. The van der Waals surface area contributed by atoms with Crippen LogP contribution in [0.2, 0.25) is 0 Å². The van der Waals surface area contributed by atoms with Crippen molar-refractivity contribution in [3.63, 3.8) is 0 Å². The molecular weight excluding hydrogens is 218 g/mol. The largest absolute Gasteiger partial charge is 0.416 e. The Bertz CT molecular complexity index is 348. The number of rotatable bonds is 2.